The summed E-state index contributed by atoms with van der Waals surface area (Å²) in [6.07, 6.45) is -3.45. The lowest BCUT2D eigenvalue weighted by Gasteiger charge is -2.26. The Bertz CT molecular complexity index is 436. The van der Waals surface area contributed by atoms with Gasteiger partial charge in [-0.15, -0.1) is 0 Å². The number of aromatic nitrogens is 1. The van der Waals surface area contributed by atoms with Gasteiger partial charge in [-0.3, -0.25) is 0 Å². The number of aliphatic hydroxyl groups is 1. The highest BCUT2D eigenvalue weighted by molar-refractivity contribution is 5.36. The monoisotopic (exact) mass is 276 g/mol. The van der Waals surface area contributed by atoms with Gasteiger partial charge in [0.2, 0.25) is 0 Å². The molecule has 2 heterocycles. The zero-order valence-electron chi connectivity index (χ0n) is 10.4. The van der Waals surface area contributed by atoms with Crippen molar-refractivity contribution in [3.05, 3.63) is 23.9 Å². The molecule has 1 aromatic rings. The van der Waals surface area contributed by atoms with E-state index in [4.69, 9.17) is 4.74 Å². The van der Waals surface area contributed by atoms with E-state index >= 15 is 0 Å². The highest BCUT2D eigenvalue weighted by Gasteiger charge is 2.39. The first-order valence-electron chi connectivity index (χ1n) is 5.92. The van der Waals surface area contributed by atoms with E-state index in [2.05, 4.69) is 10.3 Å². The van der Waals surface area contributed by atoms with Gasteiger partial charge >= 0.3 is 6.18 Å². The zero-order valence-corrected chi connectivity index (χ0v) is 10.4. The standard InChI is InChI=1S/C12H15F3N2O2/c1-8-11(18,4-5-19-8)7-17-10-3-2-9(6-16-10)12(13,14)15/h2-3,6,8,18H,4-5,7H2,1H3,(H,16,17). The van der Waals surface area contributed by atoms with Crippen molar-refractivity contribution in [1.29, 1.82) is 0 Å². The van der Waals surface area contributed by atoms with Crippen LogP contribution in [0.4, 0.5) is 19.0 Å². The van der Waals surface area contributed by atoms with E-state index in [1.165, 1.54) is 6.07 Å². The minimum atomic E-state index is -4.39. The minimum Gasteiger partial charge on any atom is -0.385 e. The van der Waals surface area contributed by atoms with Gasteiger partial charge in [-0.05, 0) is 19.1 Å². The molecule has 2 rings (SSSR count). The lowest BCUT2D eigenvalue weighted by atomic mass is 9.97. The van der Waals surface area contributed by atoms with Crippen molar-refractivity contribution in [2.24, 2.45) is 0 Å². The van der Waals surface area contributed by atoms with Gasteiger partial charge in [-0.1, -0.05) is 0 Å². The largest absolute Gasteiger partial charge is 0.417 e. The number of nitrogens with one attached hydrogen (secondary N) is 1. The second-order valence-corrected chi connectivity index (χ2v) is 4.65. The van der Waals surface area contributed by atoms with Crippen LogP contribution in [-0.2, 0) is 10.9 Å². The highest BCUT2D eigenvalue weighted by Crippen LogP contribution is 2.29. The van der Waals surface area contributed by atoms with Crippen LogP contribution in [0.2, 0.25) is 0 Å². The first kappa shape index (κ1) is 14.1. The van der Waals surface area contributed by atoms with Crippen LogP contribution >= 0.6 is 0 Å². The molecule has 1 fully saturated rings. The third-order valence-corrected chi connectivity index (χ3v) is 3.33. The van der Waals surface area contributed by atoms with E-state index in [9.17, 15) is 18.3 Å². The molecule has 0 spiro atoms. The van der Waals surface area contributed by atoms with Crippen LogP contribution in [0, 0.1) is 0 Å². The summed E-state index contributed by atoms with van der Waals surface area (Å²) in [5, 5.41) is 13.0. The number of halogens is 3. The Morgan fingerprint density at radius 3 is 2.74 bits per heavy atom. The Morgan fingerprint density at radius 1 is 1.53 bits per heavy atom. The van der Waals surface area contributed by atoms with Gasteiger partial charge in [-0.25, -0.2) is 4.98 Å². The van der Waals surface area contributed by atoms with Gasteiger partial charge in [0.05, 0.1) is 11.7 Å². The zero-order chi connectivity index (χ0) is 14.1. The number of nitrogens with zero attached hydrogens (tertiary/aromatic N) is 1. The van der Waals surface area contributed by atoms with Gasteiger partial charge in [0.25, 0.3) is 0 Å². The van der Waals surface area contributed by atoms with E-state index in [-0.39, 0.29) is 12.6 Å². The lowest BCUT2D eigenvalue weighted by molar-refractivity contribution is -0.137. The number of rotatable bonds is 3. The van der Waals surface area contributed by atoms with Crippen molar-refractivity contribution in [2.45, 2.75) is 31.2 Å². The van der Waals surface area contributed by atoms with Crippen LogP contribution in [0.5, 0.6) is 0 Å². The van der Waals surface area contributed by atoms with Crippen LogP contribution in [0.25, 0.3) is 0 Å². The van der Waals surface area contributed by atoms with Crippen LogP contribution in [0.1, 0.15) is 18.9 Å². The van der Waals surface area contributed by atoms with E-state index < -0.39 is 17.3 Å². The van der Waals surface area contributed by atoms with Gasteiger partial charge in [0.15, 0.2) is 0 Å². The summed E-state index contributed by atoms with van der Waals surface area (Å²) in [6.45, 7) is 2.42. The van der Waals surface area contributed by atoms with Crippen LogP contribution in [-0.4, -0.2) is 34.9 Å². The molecule has 1 aliphatic rings. The lowest BCUT2D eigenvalue weighted by Crippen LogP contribution is -2.43. The number of anilines is 1. The number of alkyl halides is 3. The number of pyridine rings is 1. The first-order chi connectivity index (χ1) is 8.81. The summed E-state index contributed by atoms with van der Waals surface area (Å²) in [4.78, 5) is 3.68. The third-order valence-electron chi connectivity index (χ3n) is 3.33. The molecule has 106 valence electrons. The van der Waals surface area contributed by atoms with Crippen molar-refractivity contribution in [3.63, 3.8) is 0 Å². The number of ether oxygens (including phenoxy) is 1. The predicted molar refractivity (Wildman–Crippen MR) is 62.7 cm³/mol. The third kappa shape index (κ3) is 3.16. The van der Waals surface area contributed by atoms with E-state index in [1.54, 1.807) is 6.92 Å². The maximum atomic E-state index is 12.3. The molecule has 2 atom stereocenters. The van der Waals surface area contributed by atoms with Gasteiger partial charge in [0, 0.05) is 25.8 Å². The first-order valence-corrected chi connectivity index (χ1v) is 5.92. The Morgan fingerprint density at radius 2 is 2.26 bits per heavy atom. The molecule has 19 heavy (non-hydrogen) atoms. The van der Waals surface area contributed by atoms with Crippen LogP contribution in [0.3, 0.4) is 0 Å². The molecule has 0 aliphatic carbocycles. The van der Waals surface area contributed by atoms with Gasteiger partial charge in [0.1, 0.15) is 11.4 Å². The molecule has 0 saturated carbocycles. The molecular formula is C12H15F3N2O2. The molecule has 0 bridgehead atoms. The molecule has 4 nitrogen and oxygen atoms in total. The summed E-state index contributed by atoms with van der Waals surface area (Å²) >= 11 is 0. The van der Waals surface area contributed by atoms with Crippen molar-refractivity contribution in [1.82, 2.24) is 4.98 Å². The Hall–Kier alpha value is -1.34. The Labute approximate surface area is 108 Å². The minimum absolute atomic E-state index is 0.187. The van der Waals surface area contributed by atoms with Crippen molar-refractivity contribution >= 4 is 5.82 Å². The number of hydrogen-bond donors (Lipinski definition) is 2. The summed E-state index contributed by atoms with van der Waals surface area (Å²) < 4.78 is 42.3. The van der Waals surface area contributed by atoms with Gasteiger partial charge in [-0.2, -0.15) is 13.2 Å². The van der Waals surface area contributed by atoms with Crippen molar-refractivity contribution in [2.75, 3.05) is 18.5 Å². The molecular weight excluding hydrogens is 261 g/mol. The van der Waals surface area contributed by atoms with Crippen molar-refractivity contribution in [3.8, 4) is 0 Å². The fraction of sp³-hybridized carbons (Fsp3) is 0.583. The maximum Gasteiger partial charge on any atom is 0.417 e. The molecule has 1 aromatic heterocycles. The SMILES string of the molecule is CC1OCCC1(O)CNc1ccc(C(F)(F)F)cn1. The summed E-state index contributed by atoms with van der Waals surface area (Å²) in [6, 6.07) is 2.20. The number of hydrogen-bond acceptors (Lipinski definition) is 4. The second kappa shape index (κ2) is 4.97. The van der Waals surface area contributed by atoms with E-state index in [0.717, 1.165) is 12.3 Å². The van der Waals surface area contributed by atoms with E-state index in [0.29, 0.717) is 18.8 Å². The van der Waals surface area contributed by atoms with E-state index in [1.807, 2.05) is 0 Å². The van der Waals surface area contributed by atoms with Gasteiger partial charge < -0.3 is 15.2 Å². The Kier molecular flexibility index (Phi) is 3.69. The maximum absolute atomic E-state index is 12.3. The molecule has 0 radical (unpaired) electrons. The smallest absolute Gasteiger partial charge is 0.385 e. The fourth-order valence-corrected chi connectivity index (χ4v) is 1.91. The predicted octanol–water partition coefficient (Wildman–Crippen LogP) is 2.05. The molecule has 2 unspecified atom stereocenters. The Balaban J connectivity index is 1.97. The normalized spacial score (nSPS) is 27.5. The molecule has 7 heteroatoms. The summed E-state index contributed by atoms with van der Waals surface area (Å²) in [5.41, 5.74) is -1.81. The molecule has 0 amide bonds. The molecule has 1 saturated heterocycles. The topological polar surface area (TPSA) is 54.4 Å². The molecule has 1 aliphatic heterocycles. The average molecular weight is 276 g/mol. The molecule has 2 N–H and O–H groups in total. The fourth-order valence-electron chi connectivity index (χ4n) is 1.91. The van der Waals surface area contributed by atoms with Crippen molar-refractivity contribution < 1.29 is 23.0 Å². The summed E-state index contributed by atoms with van der Waals surface area (Å²) in [5.74, 6) is 0.292. The second-order valence-electron chi connectivity index (χ2n) is 4.65. The van der Waals surface area contributed by atoms with Crippen LogP contribution < -0.4 is 5.32 Å². The highest BCUT2D eigenvalue weighted by atomic mass is 19.4. The average Bonchev–Trinajstić information content (AvgIpc) is 2.67. The quantitative estimate of drug-likeness (QED) is 0.887. The molecule has 0 aromatic carbocycles. The summed E-state index contributed by atoms with van der Waals surface area (Å²) in [7, 11) is 0. The van der Waals surface area contributed by atoms with Crippen LogP contribution in [0.15, 0.2) is 18.3 Å².